The van der Waals surface area contributed by atoms with Crippen LogP contribution in [0.3, 0.4) is 0 Å². The fourth-order valence-corrected chi connectivity index (χ4v) is 3.12. The zero-order valence-electron chi connectivity index (χ0n) is 12.1. The average molecular weight is 334 g/mol. The average Bonchev–Trinajstić information content (AvgIpc) is 3.30. The van der Waals surface area contributed by atoms with Gasteiger partial charge >= 0.3 is 0 Å². The monoisotopic (exact) mass is 333 g/mol. The molecule has 1 amide bonds. The number of halogens is 2. The Hall–Kier alpha value is -1.51. The SMILES string of the molecule is O=C(NCCc1ccc(Cl)cc1)C1CC1c1ccccc1Cl. The lowest BCUT2D eigenvalue weighted by molar-refractivity contribution is -0.122. The van der Waals surface area contributed by atoms with Crippen LogP contribution in [0.15, 0.2) is 48.5 Å². The molecule has 3 rings (SSSR count). The van der Waals surface area contributed by atoms with E-state index in [0.717, 1.165) is 28.5 Å². The van der Waals surface area contributed by atoms with Gasteiger partial charge in [0.05, 0.1) is 0 Å². The topological polar surface area (TPSA) is 29.1 Å². The van der Waals surface area contributed by atoms with Crippen LogP contribution in [-0.4, -0.2) is 12.5 Å². The highest BCUT2D eigenvalue weighted by Crippen LogP contribution is 2.49. The Labute approximate surface area is 140 Å². The van der Waals surface area contributed by atoms with Gasteiger partial charge in [0.1, 0.15) is 0 Å². The summed E-state index contributed by atoms with van der Waals surface area (Å²) < 4.78 is 0. The van der Waals surface area contributed by atoms with Crippen LogP contribution >= 0.6 is 23.2 Å². The Bertz CT molecular complexity index is 669. The van der Waals surface area contributed by atoms with E-state index in [1.807, 2.05) is 48.5 Å². The van der Waals surface area contributed by atoms with Crippen LogP contribution in [0.25, 0.3) is 0 Å². The predicted octanol–water partition coefficient (Wildman–Crippen LogP) is 4.46. The third-order valence-electron chi connectivity index (χ3n) is 4.06. The fourth-order valence-electron chi connectivity index (χ4n) is 2.72. The molecule has 1 N–H and O–H groups in total. The minimum atomic E-state index is 0.0603. The summed E-state index contributed by atoms with van der Waals surface area (Å²) in [6.45, 7) is 0.645. The van der Waals surface area contributed by atoms with Crippen LogP contribution in [0.5, 0.6) is 0 Å². The van der Waals surface area contributed by atoms with E-state index in [9.17, 15) is 4.79 Å². The molecular formula is C18H17Cl2NO. The number of benzene rings is 2. The van der Waals surface area contributed by atoms with Crippen LogP contribution in [0.1, 0.15) is 23.5 Å². The van der Waals surface area contributed by atoms with E-state index >= 15 is 0 Å². The first kappa shape index (κ1) is 15.4. The van der Waals surface area contributed by atoms with Crippen molar-refractivity contribution in [2.45, 2.75) is 18.8 Å². The van der Waals surface area contributed by atoms with Crippen molar-refractivity contribution in [3.8, 4) is 0 Å². The number of rotatable bonds is 5. The number of carbonyl (C=O) groups excluding carboxylic acids is 1. The second-order valence-corrected chi connectivity index (χ2v) is 6.48. The Morgan fingerprint density at radius 2 is 1.82 bits per heavy atom. The Kier molecular flexibility index (Phi) is 4.70. The molecule has 1 saturated carbocycles. The van der Waals surface area contributed by atoms with Crippen LogP contribution in [0.4, 0.5) is 0 Å². The molecule has 1 aliphatic carbocycles. The summed E-state index contributed by atoms with van der Waals surface area (Å²) in [6.07, 6.45) is 1.70. The molecule has 4 heteroatoms. The van der Waals surface area contributed by atoms with Gasteiger partial charge in [-0.1, -0.05) is 53.5 Å². The smallest absolute Gasteiger partial charge is 0.223 e. The summed E-state index contributed by atoms with van der Waals surface area (Å²) in [4.78, 5) is 12.2. The van der Waals surface area contributed by atoms with Crippen molar-refractivity contribution in [1.29, 1.82) is 0 Å². The van der Waals surface area contributed by atoms with Crippen molar-refractivity contribution in [2.24, 2.45) is 5.92 Å². The predicted molar refractivity (Wildman–Crippen MR) is 90.5 cm³/mol. The summed E-state index contributed by atoms with van der Waals surface area (Å²) in [5.41, 5.74) is 2.25. The highest BCUT2D eigenvalue weighted by atomic mass is 35.5. The molecule has 2 aromatic rings. The van der Waals surface area contributed by atoms with Gasteiger partial charge in [-0.2, -0.15) is 0 Å². The first-order valence-corrected chi connectivity index (χ1v) is 8.17. The van der Waals surface area contributed by atoms with Gasteiger partial charge in [-0.15, -0.1) is 0 Å². The second kappa shape index (κ2) is 6.72. The molecule has 0 spiro atoms. The molecule has 2 nitrogen and oxygen atoms in total. The maximum atomic E-state index is 12.2. The number of nitrogens with one attached hydrogen (secondary N) is 1. The van der Waals surface area contributed by atoms with E-state index in [-0.39, 0.29) is 17.7 Å². The van der Waals surface area contributed by atoms with Crippen molar-refractivity contribution in [3.63, 3.8) is 0 Å². The summed E-state index contributed by atoms with van der Waals surface area (Å²) in [7, 11) is 0. The summed E-state index contributed by atoms with van der Waals surface area (Å²) in [5, 5.41) is 4.50. The quantitative estimate of drug-likeness (QED) is 0.860. The summed E-state index contributed by atoms with van der Waals surface area (Å²) in [6, 6.07) is 15.5. The lowest BCUT2D eigenvalue weighted by atomic mass is 10.1. The van der Waals surface area contributed by atoms with Gasteiger partial charge in [0.25, 0.3) is 0 Å². The maximum Gasteiger partial charge on any atom is 0.223 e. The third kappa shape index (κ3) is 3.63. The molecule has 2 aromatic carbocycles. The molecule has 0 saturated heterocycles. The first-order chi connectivity index (χ1) is 10.6. The van der Waals surface area contributed by atoms with Gasteiger partial charge < -0.3 is 5.32 Å². The number of hydrogen-bond acceptors (Lipinski definition) is 1. The van der Waals surface area contributed by atoms with Crippen molar-refractivity contribution in [2.75, 3.05) is 6.54 Å². The maximum absolute atomic E-state index is 12.2. The molecule has 2 unspecified atom stereocenters. The Balaban J connectivity index is 1.48. The molecule has 0 bridgehead atoms. The molecule has 22 heavy (non-hydrogen) atoms. The number of amides is 1. The molecule has 114 valence electrons. The van der Waals surface area contributed by atoms with Crippen LogP contribution in [0.2, 0.25) is 10.0 Å². The van der Waals surface area contributed by atoms with Crippen LogP contribution in [0, 0.1) is 5.92 Å². The summed E-state index contributed by atoms with van der Waals surface area (Å²) >= 11 is 12.0. The molecule has 0 aliphatic heterocycles. The van der Waals surface area contributed by atoms with Gasteiger partial charge in [-0.25, -0.2) is 0 Å². The zero-order valence-corrected chi connectivity index (χ0v) is 13.6. The van der Waals surface area contributed by atoms with Crippen molar-refractivity contribution < 1.29 is 4.79 Å². The zero-order chi connectivity index (χ0) is 15.5. The largest absolute Gasteiger partial charge is 0.356 e. The van der Waals surface area contributed by atoms with Crippen LogP contribution < -0.4 is 5.32 Å². The van der Waals surface area contributed by atoms with E-state index in [4.69, 9.17) is 23.2 Å². The molecule has 1 fully saturated rings. The molecule has 1 aliphatic rings. The molecule has 0 heterocycles. The molecular weight excluding hydrogens is 317 g/mol. The van der Waals surface area contributed by atoms with E-state index in [1.54, 1.807) is 0 Å². The Morgan fingerprint density at radius 3 is 2.55 bits per heavy atom. The van der Waals surface area contributed by atoms with Gasteiger partial charge in [0, 0.05) is 22.5 Å². The lowest BCUT2D eigenvalue weighted by Crippen LogP contribution is -2.27. The van der Waals surface area contributed by atoms with E-state index in [0.29, 0.717) is 6.54 Å². The Morgan fingerprint density at radius 1 is 1.09 bits per heavy atom. The third-order valence-corrected chi connectivity index (χ3v) is 4.65. The normalized spacial score (nSPS) is 19.7. The van der Waals surface area contributed by atoms with E-state index in [1.165, 1.54) is 5.56 Å². The number of hydrogen-bond donors (Lipinski definition) is 1. The van der Waals surface area contributed by atoms with Crippen LogP contribution in [-0.2, 0) is 11.2 Å². The van der Waals surface area contributed by atoms with Gasteiger partial charge in [0.2, 0.25) is 5.91 Å². The second-order valence-electron chi connectivity index (χ2n) is 5.64. The molecule has 0 aromatic heterocycles. The van der Waals surface area contributed by atoms with Crippen molar-refractivity contribution in [1.82, 2.24) is 5.32 Å². The standard InChI is InChI=1S/C18H17Cl2NO/c19-13-7-5-12(6-8-13)9-10-21-18(22)16-11-15(16)14-3-1-2-4-17(14)20/h1-8,15-16H,9-11H2,(H,21,22). The van der Waals surface area contributed by atoms with Gasteiger partial charge in [-0.3, -0.25) is 4.79 Å². The highest BCUT2D eigenvalue weighted by molar-refractivity contribution is 6.31. The van der Waals surface area contributed by atoms with Gasteiger partial charge in [-0.05, 0) is 48.1 Å². The molecule has 0 radical (unpaired) electrons. The minimum absolute atomic E-state index is 0.0603. The number of carbonyl (C=O) groups is 1. The van der Waals surface area contributed by atoms with E-state index < -0.39 is 0 Å². The van der Waals surface area contributed by atoms with Gasteiger partial charge in [0.15, 0.2) is 0 Å². The van der Waals surface area contributed by atoms with Crippen molar-refractivity contribution >= 4 is 29.1 Å². The summed E-state index contributed by atoms with van der Waals surface area (Å²) in [5.74, 6) is 0.452. The molecule has 2 atom stereocenters. The highest BCUT2D eigenvalue weighted by Gasteiger charge is 2.44. The van der Waals surface area contributed by atoms with Crippen molar-refractivity contribution in [3.05, 3.63) is 69.7 Å². The fraction of sp³-hybridized carbons (Fsp3) is 0.278. The van der Waals surface area contributed by atoms with E-state index in [2.05, 4.69) is 5.32 Å². The lowest BCUT2D eigenvalue weighted by Gasteiger charge is -2.06. The minimum Gasteiger partial charge on any atom is -0.356 e. The first-order valence-electron chi connectivity index (χ1n) is 7.42.